The zero-order valence-corrected chi connectivity index (χ0v) is 16.5. The molecule has 0 bridgehead atoms. The number of hydrogen-bond acceptors (Lipinski definition) is 5. The molecule has 1 unspecified atom stereocenters. The van der Waals surface area contributed by atoms with Crippen LogP contribution < -0.4 is 0 Å². The number of ether oxygens (including phenoxy) is 1. The first-order valence-corrected chi connectivity index (χ1v) is 10.2. The normalized spacial score (nSPS) is 17.1. The Hall–Kier alpha value is -1.76. The Kier molecular flexibility index (Phi) is 8.45. The largest absolute Gasteiger partial charge is 0.395 e. The second kappa shape index (κ2) is 11.3. The van der Waals surface area contributed by atoms with Gasteiger partial charge in [0.1, 0.15) is 0 Å². The summed E-state index contributed by atoms with van der Waals surface area (Å²) in [6.45, 7) is 6.20. The Morgan fingerprint density at radius 2 is 1.32 bits per heavy atom. The van der Waals surface area contributed by atoms with Crippen LogP contribution in [0.2, 0.25) is 0 Å². The van der Waals surface area contributed by atoms with E-state index in [1.807, 2.05) is 12.1 Å². The highest BCUT2D eigenvalue weighted by molar-refractivity contribution is 5.32. The quantitative estimate of drug-likeness (QED) is 0.654. The van der Waals surface area contributed by atoms with Crippen molar-refractivity contribution in [3.05, 3.63) is 71.8 Å². The second-order valence-corrected chi connectivity index (χ2v) is 7.43. The van der Waals surface area contributed by atoms with Gasteiger partial charge in [0.15, 0.2) is 0 Å². The lowest BCUT2D eigenvalue weighted by atomic mass is 9.92. The molecule has 2 aromatic rings. The highest BCUT2D eigenvalue weighted by Gasteiger charge is 2.20. The molecule has 0 radical (unpaired) electrons. The van der Waals surface area contributed by atoms with Crippen molar-refractivity contribution >= 4 is 0 Å². The van der Waals surface area contributed by atoms with Gasteiger partial charge in [-0.1, -0.05) is 60.7 Å². The van der Waals surface area contributed by atoms with Crippen LogP contribution in [-0.4, -0.2) is 85.2 Å². The highest BCUT2D eigenvalue weighted by atomic mass is 16.5. The molecule has 1 fully saturated rings. The van der Waals surface area contributed by atoms with Gasteiger partial charge in [0.2, 0.25) is 0 Å². The van der Waals surface area contributed by atoms with Crippen molar-refractivity contribution in [3.63, 3.8) is 0 Å². The molecule has 0 saturated carbocycles. The van der Waals surface area contributed by atoms with Crippen molar-refractivity contribution in [3.8, 4) is 0 Å². The van der Waals surface area contributed by atoms with E-state index in [0.717, 1.165) is 32.7 Å². The van der Waals surface area contributed by atoms with Crippen LogP contribution in [0, 0.1) is 0 Å². The summed E-state index contributed by atoms with van der Waals surface area (Å²) in [4.78, 5) is 4.53. The van der Waals surface area contributed by atoms with Crippen LogP contribution in [0.3, 0.4) is 0 Å². The van der Waals surface area contributed by atoms with E-state index in [1.165, 1.54) is 11.1 Å². The fraction of sp³-hybridized carbons (Fsp3) is 0.478. The van der Waals surface area contributed by atoms with Crippen molar-refractivity contribution < 1.29 is 14.9 Å². The van der Waals surface area contributed by atoms with Gasteiger partial charge >= 0.3 is 0 Å². The lowest BCUT2D eigenvalue weighted by molar-refractivity contribution is 0.00429. The summed E-state index contributed by atoms with van der Waals surface area (Å²) in [6.07, 6.45) is -0.489. The van der Waals surface area contributed by atoms with E-state index < -0.39 is 6.10 Å². The van der Waals surface area contributed by atoms with Gasteiger partial charge in [-0.15, -0.1) is 0 Å². The monoisotopic (exact) mass is 384 g/mol. The Morgan fingerprint density at radius 3 is 1.86 bits per heavy atom. The van der Waals surface area contributed by atoms with Crippen LogP contribution >= 0.6 is 0 Å². The van der Waals surface area contributed by atoms with Crippen molar-refractivity contribution in [1.82, 2.24) is 9.80 Å². The molecule has 1 atom stereocenters. The first-order valence-electron chi connectivity index (χ1n) is 10.2. The maximum Gasteiger partial charge on any atom is 0.0900 e. The van der Waals surface area contributed by atoms with Crippen molar-refractivity contribution in [2.75, 3.05) is 59.1 Å². The zero-order chi connectivity index (χ0) is 19.6. The SMILES string of the molecule is OCCN1CCN(CC(O)COCC(c2ccccc2)c2ccccc2)CC1. The lowest BCUT2D eigenvalue weighted by Gasteiger charge is -2.35. The van der Waals surface area contributed by atoms with Gasteiger partial charge in [-0.05, 0) is 11.1 Å². The maximum atomic E-state index is 10.4. The number of β-amino-alcohol motifs (C(OH)–C–C–N with tert-alkyl or cyclic N) is 2. The summed E-state index contributed by atoms with van der Waals surface area (Å²) in [5.74, 6) is 0.164. The molecular formula is C23H32N2O3. The van der Waals surface area contributed by atoms with Crippen LogP contribution in [0.1, 0.15) is 17.0 Å². The van der Waals surface area contributed by atoms with E-state index in [1.54, 1.807) is 0 Å². The molecule has 28 heavy (non-hydrogen) atoms. The minimum absolute atomic E-state index is 0.164. The number of rotatable bonds is 10. The summed E-state index contributed by atoms with van der Waals surface area (Å²) in [5.41, 5.74) is 2.45. The topological polar surface area (TPSA) is 56.2 Å². The van der Waals surface area contributed by atoms with Gasteiger partial charge in [-0.2, -0.15) is 0 Å². The molecule has 0 amide bonds. The molecule has 2 aromatic carbocycles. The second-order valence-electron chi connectivity index (χ2n) is 7.43. The van der Waals surface area contributed by atoms with E-state index in [-0.39, 0.29) is 12.5 Å². The Balaban J connectivity index is 1.46. The Bertz CT molecular complexity index is 621. The molecule has 0 aliphatic carbocycles. The summed E-state index contributed by atoms with van der Waals surface area (Å²) >= 11 is 0. The van der Waals surface area contributed by atoms with Crippen molar-refractivity contribution in [1.29, 1.82) is 0 Å². The van der Waals surface area contributed by atoms with Gasteiger partial charge in [0.05, 0.1) is 25.9 Å². The first kappa shape index (κ1) is 21.0. The van der Waals surface area contributed by atoms with Crippen LogP contribution in [0.4, 0.5) is 0 Å². The Morgan fingerprint density at radius 1 is 0.786 bits per heavy atom. The number of aliphatic hydroxyl groups excluding tert-OH is 2. The van der Waals surface area contributed by atoms with Gasteiger partial charge in [0.25, 0.3) is 0 Å². The zero-order valence-electron chi connectivity index (χ0n) is 16.5. The average molecular weight is 385 g/mol. The number of benzene rings is 2. The van der Waals surface area contributed by atoms with Crippen LogP contribution in [-0.2, 0) is 4.74 Å². The minimum atomic E-state index is -0.489. The number of aliphatic hydroxyl groups is 2. The van der Waals surface area contributed by atoms with Crippen LogP contribution in [0.5, 0.6) is 0 Å². The van der Waals surface area contributed by atoms with Crippen LogP contribution in [0.15, 0.2) is 60.7 Å². The summed E-state index contributed by atoms with van der Waals surface area (Å²) in [5, 5.41) is 19.4. The van der Waals surface area contributed by atoms with E-state index >= 15 is 0 Å². The third-order valence-electron chi connectivity index (χ3n) is 5.35. The van der Waals surface area contributed by atoms with E-state index in [9.17, 15) is 5.11 Å². The van der Waals surface area contributed by atoms with Crippen molar-refractivity contribution in [2.24, 2.45) is 0 Å². The minimum Gasteiger partial charge on any atom is -0.395 e. The smallest absolute Gasteiger partial charge is 0.0900 e. The summed E-state index contributed by atoms with van der Waals surface area (Å²) in [7, 11) is 0. The summed E-state index contributed by atoms with van der Waals surface area (Å²) in [6, 6.07) is 20.8. The highest BCUT2D eigenvalue weighted by Crippen LogP contribution is 2.24. The molecule has 5 heteroatoms. The van der Waals surface area contributed by atoms with Gasteiger partial charge in [0, 0.05) is 45.2 Å². The molecular weight excluding hydrogens is 352 g/mol. The number of hydrogen-bond donors (Lipinski definition) is 2. The third kappa shape index (κ3) is 6.40. The summed E-state index contributed by atoms with van der Waals surface area (Å²) < 4.78 is 5.95. The van der Waals surface area contributed by atoms with E-state index in [0.29, 0.717) is 19.8 Å². The van der Waals surface area contributed by atoms with E-state index in [4.69, 9.17) is 9.84 Å². The number of nitrogens with zero attached hydrogens (tertiary/aromatic N) is 2. The third-order valence-corrected chi connectivity index (χ3v) is 5.35. The average Bonchev–Trinajstić information content (AvgIpc) is 2.74. The van der Waals surface area contributed by atoms with Crippen molar-refractivity contribution in [2.45, 2.75) is 12.0 Å². The van der Waals surface area contributed by atoms with Gasteiger partial charge in [-0.3, -0.25) is 9.80 Å². The molecule has 3 rings (SSSR count). The lowest BCUT2D eigenvalue weighted by Crippen LogP contribution is -2.49. The fourth-order valence-corrected chi connectivity index (χ4v) is 3.77. The molecule has 1 saturated heterocycles. The standard InChI is InChI=1S/C23H32N2O3/c26-16-15-24-11-13-25(14-12-24)17-22(27)18-28-19-23(20-7-3-1-4-8-20)21-9-5-2-6-10-21/h1-10,22-23,26-27H,11-19H2. The Labute approximate surface area is 168 Å². The molecule has 0 spiro atoms. The van der Waals surface area contributed by atoms with Crippen LogP contribution in [0.25, 0.3) is 0 Å². The van der Waals surface area contributed by atoms with Gasteiger partial charge < -0.3 is 14.9 Å². The van der Waals surface area contributed by atoms with Gasteiger partial charge in [-0.25, -0.2) is 0 Å². The predicted molar refractivity (Wildman–Crippen MR) is 112 cm³/mol. The maximum absolute atomic E-state index is 10.4. The molecule has 152 valence electrons. The predicted octanol–water partition coefficient (Wildman–Crippen LogP) is 1.81. The molecule has 2 N–H and O–H groups in total. The number of piperazine rings is 1. The first-order chi connectivity index (χ1) is 13.8. The molecule has 1 heterocycles. The molecule has 1 aliphatic heterocycles. The molecule has 5 nitrogen and oxygen atoms in total. The molecule has 1 aliphatic rings. The fourth-order valence-electron chi connectivity index (χ4n) is 3.77. The van der Waals surface area contributed by atoms with E-state index in [2.05, 4.69) is 58.3 Å². The molecule has 0 aromatic heterocycles.